The molecule has 1 aromatic heterocycles. The van der Waals surface area contributed by atoms with Gasteiger partial charge in [-0.1, -0.05) is 23.5 Å². The number of aromatic nitrogens is 1. The molecule has 1 heterocycles. The number of thiazole rings is 1. The average Bonchev–Trinajstić information content (AvgIpc) is 2.89. The van der Waals surface area contributed by atoms with Gasteiger partial charge in [-0.25, -0.2) is 4.98 Å². The van der Waals surface area contributed by atoms with E-state index in [1.807, 2.05) is 18.2 Å². The molecule has 0 bridgehead atoms. The van der Waals surface area contributed by atoms with Crippen LogP contribution in [0.25, 0.3) is 10.2 Å². The SMILES string of the molecule is COc1ccc2nc(NC(=O)c3c[c]ccc3)sc2c1. The Kier molecular flexibility index (Phi) is 3.35. The predicted molar refractivity (Wildman–Crippen MR) is 79.4 cm³/mol. The van der Waals surface area contributed by atoms with Gasteiger partial charge in [-0.15, -0.1) is 0 Å². The number of carbonyl (C=O) groups is 1. The van der Waals surface area contributed by atoms with Crippen molar-refractivity contribution in [3.8, 4) is 5.75 Å². The first-order valence-electron chi connectivity index (χ1n) is 5.98. The summed E-state index contributed by atoms with van der Waals surface area (Å²) in [4.78, 5) is 16.4. The molecule has 99 valence electrons. The van der Waals surface area contributed by atoms with Crippen LogP contribution in [0, 0.1) is 6.07 Å². The van der Waals surface area contributed by atoms with E-state index in [9.17, 15) is 4.79 Å². The molecule has 1 amide bonds. The fourth-order valence-electron chi connectivity index (χ4n) is 1.79. The highest BCUT2D eigenvalue weighted by molar-refractivity contribution is 7.22. The van der Waals surface area contributed by atoms with Crippen LogP contribution in [-0.2, 0) is 0 Å². The van der Waals surface area contributed by atoms with E-state index in [2.05, 4.69) is 16.4 Å². The van der Waals surface area contributed by atoms with Crippen molar-refractivity contribution in [1.82, 2.24) is 4.98 Å². The van der Waals surface area contributed by atoms with Gasteiger partial charge in [0.1, 0.15) is 5.75 Å². The van der Waals surface area contributed by atoms with Crippen LogP contribution in [0.3, 0.4) is 0 Å². The maximum Gasteiger partial charge on any atom is 0.257 e. The number of nitrogens with one attached hydrogen (secondary N) is 1. The third kappa shape index (κ3) is 2.48. The molecule has 0 unspecified atom stereocenters. The van der Waals surface area contributed by atoms with Gasteiger partial charge in [0.15, 0.2) is 5.13 Å². The van der Waals surface area contributed by atoms with Crippen molar-refractivity contribution in [2.75, 3.05) is 12.4 Å². The smallest absolute Gasteiger partial charge is 0.257 e. The van der Waals surface area contributed by atoms with Crippen LogP contribution in [-0.4, -0.2) is 18.0 Å². The number of ether oxygens (including phenoxy) is 1. The van der Waals surface area contributed by atoms with Gasteiger partial charge in [0, 0.05) is 5.56 Å². The van der Waals surface area contributed by atoms with Gasteiger partial charge < -0.3 is 4.74 Å². The van der Waals surface area contributed by atoms with Crippen molar-refractivity contribution >= 4 is 32.6 Å². The van der Waals surface area contributed by atoms with Gasteiger partial charge in [-0.05, 0) is 36.4 Å². The lowest BCUT2D eigenvalue weighted by atomic mass is 10.2. The summed E-state index contributed by atoms with van der Waals surface area (Å²) in [5, 5.41) is 3.36. The zero-order chi connectivity index (χ0) is 13.9. The molecule has 0 spiro atoms. The summed E-state index contributed by atoms with van der Waals surface area (Å²) in [6.45, 7) is 0. The average molecular weight is 283 g/mol. The molecule has 5 heteroatoms. The second kappa shape index (κ2) is 5.30. The Morgan fingerprint density at radius 3 is 3.05 bits per heavy atom. The quantitative estimate of drug-likeness (QED) is 0.802. The summed E-state index contributed by atoms with van der Waals surface area (Å²) in [7, 11) is 1.62. The molecule has 0 aliphatic rings. The van der Waals surface area contributed by atoms with Crippen LogP contribution in [0.15, 0.2) is 42.5 Å². The van der Waals surface area contributed by atoms with Crippen LogP contribution < -0.4 is 10.1 Å². The Labute approximate surface area is 120 Å². The Bertz CT molecular complexity index is 753. The van der Waals surface area contributed by atoms with E-state index in [1.165, 1.54) is 11.3 Å². The first-order chi connectivity index (χ1) is 9.76. The Balaban J connectivity index is 1.86. The lowest BCUT2D eigenvalue weighted by Gasteiger charge is -1.99. The lowest BCUT2D eigenvalue weighted by molar-refractivity contribution is 0.102. The monoisotopic (exact) mass is 283 g/mol. The van der Waals surface area contributed by atoms with Crippen molar-refractivity contribution in [2.24, 2.45) is 0 Å². The van der Waals surface area contributed by atoms with E-state index in [-0.39, 0.29) is 5.91 Å². The van der Waals surface area contributed by atoms with Gasteiger partial charge in [0.2, 0.25) is 0 Å². The topological polar surface area (TPSA) is 51.2 Å². The highest BCUT2D eigenvalue weighted by atomic mass is 32.1. The third-order valence-electron chi connectivity index (χ3n) is 2.79. The first-order valence-corrected chi connectivity index (χ1v) is 6.80. The number of anilines is 1. The number of nitrogens with zero attached hydrogens (tertiary/aromatic N) is 1. The molecule has 1 N–H and O–H groups in total. The minimum Gasteiger partial charge on any atom is -0.497 e. The van der Waals surface area contributed by atoms with Crippen molar-refractivity contribution in [3.63, 3.8) is 0 Å². The number of hydrogen-bond acceptors (Lipinski definition) is 4. The third-order valence-corrected chi connectivity index (χ3v) is 3.72. The number of rotatable bonds is 3. The van der Waals surface area contributed by atoms with Gasteiger partial charge in [-0.2, -0.15) is 0 Å². The molecular formula is C15H11N2O2S. The van der Waals surface area contributed by atoms with Crippen LogP contribution in [0.5, 0.6) is 5.75 Å². The van der Waals surface area contributed by atoms with Gasteiger partial charge in [0.05, 0.1) is 17.3 Å². The van der Waals surface area contributed by atoms with Crippen LogP contribution >= 0.6 is 11.3 Å². The van der Waals surface area contributed by atoms with Crippen molar-refractivity contribution < 1.29 is 9.53 Å². The molecule has 0 atom stereocenters. The number of methoxy groups -OCH3 is 1. The largest absolute Gasteiger partial charge is 0.497 e. The molecule has 20 heavy (non-hydrogen) atoms. The zero-order valence-corrected chi connectivity index (χ0v) is 11.5. The van der Waals surface area contributed by atoms with Crippen LogP contribution in [0.1, 0.15) is 10.4 Å². The fourth-order valence-corrected chi connectivity index (χ4v) is 2.68. The van der Waals surface area contributed by atoms with Crippen molar-refractivity contribution in [1.29, 1.82) is 0 Å². The van der Waals surface area contributed by atoms with E-state index in [0.717, 1.165) is 16.0 Å². The van der Waals surface area contributed by atoms with Crippen molar-refractivity contribution in [2.45, 2.75) is 0 Å². The molecule has 0 aliphatic carbocycles. The molecule has 1 radical (unpaired) electrons. The number of hydrogen-bond donors (Lipinski definition) is 1. The normalized spacial score (nSPS) is 10.4. The summed E-state index contributed by atoms with van der Waals surface area (Å²) in [6.07, 6.45) is 0. The van der Waals surface area contributed by atoms with Crippen molar-refractivity contribution in [3.05, 3.63) is 54.1 Å². The van der Waals surface area contributed by atoms with E-state index < -0.39 is 0 Å². The molecule has 0 saturated carbocycles. The molecule has 3 aromatic rings. The fraction of sp³-hybridized carbons (Fsp3) is 0.0667. The Morgan fingerprint density at radius 1 is 1.40 bits per heavy atom. The number of fused-ring (bicyclic) bond motifs is 1. The lowest BCUT2D eigenvalue weighted by Crippen LogP contribution is -2.11. The van der Waals surface area contributed by atoms with E-state index in [4.69, 9.17) is 4.74 Å². The summed E-state index contributed by atoms with van der Waals surface area (Å²) in [6, 6.07) is 15.4. The summed E-state index contributed by atoms with van der Waals surface area (Å²) < 4.78 is 6.14. The molecular weight excluding hydrogens is 272 g/mol. The maximum absolute atomic E-state index is 12.0. The maximum atomic E-state index is 12.0. The minimum atomic E-state index is -0.187. The summed E-state index contributed by atoms with van der Waals surface area (Å²) >= 11 is 1.42. The number of amides is 1. The molecule has 2 aromatic carbocycles. The van der Waals surface area contributed by atoms with Gasteiger partial charge >= 0.3 is 0 Å². The van der Waals surface area contributed by atoms with Crippen LogP contribution in [0.4, 0.5) is 5.13 Å². The second-order valence-corrected chi connectivity index (χ2v) is 5.13. The van der Waals surface area contributed by atoms with E-state index in [0.29, 0.717) is 10.7 Å². The van der Waals surface area contributed by atoms with Crippen LogP contribution in [0.2, 0.25) is 0 Å². The molecule has 4 nitrogen and oxygen atoms in total. The molecule has 0 aliphatic heterocycles. The predicted octanol–water partition coefficient (Wildman–Crippen LogP) is 3.36. The molecule has 3 rings (SSSR count). The van der Waals surface area contributed by atoms with Gasteiger partial charge in [-0.3, -0.25) is 10.1 Å². The van der Waals surface area contributed by atoms with E-state index >= 15 is 0 Å². The standard InChI is InChI=1S/C15H11N2O2S/c1-19-11-7-8-12-13(9-11)20-15(16-12)17-14(18)10-5-3-2-4-6-10/h2-3,5-9H,1H3,(H,16,17,18). The highest BCUT2D eigenvalue weighted by Crippen LogP contribution is 2.29. The molecule has 0 fully saturated rings. The van der Waals surface area contributed by atoms with E-state index in [1.54, 1.807) is 31.4 Å². The summed E-state index contributed by atoms with van der Waals surface area (Å²) in [5.74, 6) is 0.588. The second-order valence-electron chi connectivity index (χ2n) is 4.10. The molecule has 0 saturated heterocycles. The number of benzene rings is 2. The Morgan fingerprint density at radius 2 is 2.30 bits per heavy atom. The number of carbonyl (C=O) groups excluding carboxylic acids is 1. The Hall–Kier alpha value is -2.40. The zero-order valence-electron chi connectivity index (χ0n) is 10.7. The minimum absolute atomic E-state index is 0.187. The summed E-state index contributed by atoms with van der Waals surface area (Å²) in [5.41, 5.74) is 1.40. The highest BCUT2D eigenvalue weighted by Gasteiger charge is 2.09. The first kappa shape index (κ1) is 12.6. The van der Waals surface area contributed by atoms with Gasteiger partial charge in [0.25, 0.3) is 5.91 Å².